The molecule has 0 bridgehead atoms. The third-order valence-electron chi connectivity index (χ3n) is 2.86. The molecule has 1 N–H and O–H groups in total. The summed E-state index contributed by atoms with van der Waals surface area (Å²) < 4.78 is 4.67. The Bertz CT molecular complexity index is 637. The molecule has 0 saturated carbocycles. The average Bonchev–Trinajstić information content (AvgIpc) is 2.94. The third-order valence-corrected chi connectivity index (χ3v) is 4.01. The first kappa shape index (κ1) is 15.5. The minimum atomic E-state index is -0.446. The molecule has 0 unspecified atom stereocenters. The Morgan fingerprint density at radius 2 is 1.95 bits per heavy atom. The normalized spacial score (nSPS) is 10.2. The van der Waals surface area contributed by atoms with Gasteiger partial charge in [-0.1, -0.05) is 23.7 Å². The van der Waals surface area contributed by atoms with Crippen LogP contribution in [0.15, 0.2) is 35.7 Å². The summed E-state index contributed by atoms with van der Waals surface area (Å²) in [5.41, 5.74) is 1.53. The predicted molar refractivity (Wildman–Crippen MR) is 84.1 cm³/mol. The van der Waals surface area contributed by atoms with E-state index in [1.807, 2.05) is 12.1 Å². The number of ether oxygens (including phenoxy) is 1. The molecule has 1 aromatic carbocycles. The maximum atomic E-state index is 11.9. The lowest BCUT2D eigenvalue weighted by atomic mass is 10.1. The van der Waals surface area contributed by atoms with Gasteiger partial charge in [0.15, 0.2) is 0 Å². The van der Waals surface area contributed by atoms with Gasteiger partial charge in [-0.25, -0.2) is 4.79 Å². The number of benzene rings is 1. The molecule has 1 amide bonds. The molecule has 0 aliphatic carbocycles. The zero-order valence-corrected chi connectivity index (χ0v) is 13.0. The standard InChI is InChI=1S/C15H14ClNO3S/c1-20-15(19)14-12(8-9-21-14)17-13(18)7-4-10-2-5-11(16)6-3-10/h2-3,5-6,8-9H,4,7H2,1H3,(H,17,18). The predicted octanol–water partition coefficient (Wildman–Crippen LogP) is 3.76. The van der Waals surface area contributed by atoms with Crippen LogP contribution in [0.25, 0.3) is 0 Å². The molecular formula is C15H14ClNO3S. The lowest BCUT2D eigenvalue weighted by Gasteiger charge is -2.06. The van der Waals surface area contributed by atoms with Crippen LogP contribution >= 0.6 is 22.9 Å². The first-order valence-corrected chi connectivity index (χ1v) is 7.56. The second kappa shape index (κ2) is 7.24. The van der Waals surface area contributed by atoms with E-state index in [2.05, 4.69) is 10.1 Å². The van der Waals surface area contributed by atoms with E-state index < -0.39 is 5.97 Å². The molecule has 1 heterocycles. The first-order chi connectivity index (χ1) is 10.1. The van der Waals surface area contributed by atoms with E-state index in [0.29, 0.717) is 28.4 Å². The maximum Gasteiger partial charge on any atom is 0.350 e. The van der Waals surface area contributed by atoms with Crippen LogP contribution in [0, 0.1) is 0 Å². The van der Waals surface area contributed by atoms with Gasteiger partial charge in [0.25, 0.3) is 0 Å². The Hall–Kier alpha value is -1.85. The fourth-order valence-corrected chi connectivity index (χ4v) is 2.67. The molecule has 0 atom stereocenters. The van der Waals surface area contributed by atoms with E-state index in [4.69, 9.17) is 11.6 Å². The van der Waals surface area contributed by atoms with E-state index >= 15 is 0 Å². The Kier molecular flexibility index (Phi) is 5.36. The number of esters is 1. The molecule has 0 saturated heterocycles. The van der Waals surface area contributed by atoms with Gasteiger partial charge in [-0.15, -0.1) is 11.3 Å². The van der Waals surface area contributed by atoms with Crippen LogP contribution in [0.4, 0.5) is 5.69 Å². The van der Waals surface area contributed by atoms with Crippen LogP contribution in [0.3, 0.4) is 0 Å². The summed E-state index contributed by atoms with van der Waals surface area (Å²) in [5, 5.41) is 5.14. The molecule has 2 aromatic rings. The van der Waals surface area contributed by atoms with E-state index in [0.717, 1.165) is 5.56 Å². The van der Waals surface area contributed by atoms with Gasteiger partial charge in [-0.3, -0.25) is 4.79 Å². The van der Waals surface area contributed by atoms with Gasteiger partial charge in [-0.2, -0.15) is 0 Å². The highest BCUT2D eigenvalue weighted by Gasteiger charge is 2.15. The number of carbonyl (C=O) groups excluding carboxylic acids is 2. The van der Waals surface area contributed by atoms with Crippen LogP contribution in [0.5, 0.6) is 0 Å². The molecule has 2 rings (SSSR count). The minimum absolute atomic E-state index is 0.145. The number of methoxy groups -OCH3 is 1. The zero-order chi connectivity index (χ0) is 15.2. The highest BCUT2D eigenvalue weighted by atomic mass is 35.5. The smallest absolute Gasteiger partial charge is 0.350 e. The van der Waals surface area contributed by atoms with Crippen LogP contribution in [0.2, 0.25) is 5.02 Å². The van der Waals surface area contributed by atoms with Crippen molar-refractivity contribution < 1.29 is 14.3 Å². The second-order valence-corrected chi connectivity index (χ2v) is 5.68. The number of anilines is 1. The fourth-order valence-electron chi connectivity index (χ4n) is 1.78. The summed E-state index contributed by atoms with van der Waals surface area (Å²) in [4.78, 5) is 23.8. The number of amides is 1. The lowest BCUT2D eigenvalue weighted by Crippen LogP contribution is -2.14. The molecule has 0 aliphatic heterocycles. The van der Waals surface area contributed by atoms with E-state index in [1.54, 1.807) is 23.6 Å². The van der Waals surface area contributed by atoms with Crippen molar-refractivity contribution in [3.8, 4) is 0 Å². The highest BCUT2D eigenvalue weighted by Crippen LogP contribution is 2.23. The third kappa shape index (κ3) is 4.31. The van der Waals surface area contributed by atoms with Crippen molar-refractivity contribution in [1.29, 1.82) is 0 Å². The van der Waals surface area contributed by atoms with Crippen molar-refractivity contribution in [2.45, 2.75) is 12.8 Å². The van der Waals surface area contributed by atoms with Crippen molar-refractivity contribution in [3.05, 3.63) is 51.2 Å². The topological polar surface area (TPSA) is 55.4 Å². The number of aryl methyl sites for hydroxylation is 1. The Labute approximate surface area is 131 Å². The van der Waals surface area contributed by atoms with E-state index in [-0.39, 0.29) is 5.91 Å². The van der Waals surface area contributed by atoms with Gasteiger partial charge in [0.05, 0.1) is 12.8 Å². The monoisotopic (exact) mass is 323 g/mol. The fraction of sp³-hybridized carbons (Fsp3) is 0.200. The SMILES string of the molecule is COC(=O)c1sccc1NC(=O)CCc1ccc(Cl)cc1. The quantitative estimate of drug-likeness (QED) is 0.852. The molecule has 0 radical (unpaired) electrons. The van der Waals surface area contributed by atoms with Crippen LogP contribution in [0.1, 0.15) is 21.7 Å². The number of halogens is 1. The van der Waals surface area contributed by atoms with Gasteiger partial charge >= 0.3 is 5.97 Å². The summed E-state index contributed by atoms with van der Waals surface area (Å²) in [6.07, 6.45) is 0.943. The van der Waals surface area contributed by atoms with Gasteiger partial charge in [0, 0.05) is 11.4 Å². The average molecular weight is 324 g/mol. The summed E-state index contributed by atoms with van der Waals surface area (Å²) in [5.74, 6) is -0.591. The Morgan fingerprint density at radius 1 is 1.24 bits per heavy atom. The first-order valence-electron chi connectivity index (χ1n) is 6.30. The number of carbonyl (C=O) groups is 2. The van der Waals surface area contributed by atoms with Crippen molar-refractivity contribution in [2.75, 3.05) is 12.4 Å². The molecule has 110 valence electrons. The molecule has 1 aromatic heterocycles. The number of rotatable bonds is 5. The molecule has 4 nitrogen and oxygen atoms in total. The van der Waals surface area contributed by atoms with Crippen LogP contribution < -0.4 is 5.32 Å². The lowest BCUT2D eigenvalue weighted by molar-refractivity contribution is -0.116. The summed E-state index contributed by atoms with van der Waals surface area (Å²) >= 11 is 7.04. The van der Waals surface area contributed by atoms with Gasteiger partial charge in [-0.05, 0) is 35.6 Å². The van der Waals surface area contributed by atoms with Gasteiger partial charge in [0.1, 0.15) is 4.88 Å². The molecule has 0 spiro atoms. The van der Waals surface area contributed by atoms with Crippen molar-refractivity contribution in [3.63, 3.8) is 0 Å². The van der Waals surface area contributed by atoms with E-state index in [9.17, 15) is 9.59 Å². The summed E-state index contributed by atoms with van der Waals surface area (Å²) in [6, 6.07) is 9.06. The Morgan fingerprint density at radius 3 is 2.62 bits per heavy atom. The van der Waals surface area contributed by atoms with E-state index in [1.165, 1.54) is 18.4 Å². The minimum Gasteiger partial charge on any atom is -0.465 e. The van der Waals surface area contributed by atoms with Gasteiger partial charge < -0.3 is 10.1 Å². The number of hydrogen-bond acceptors (Lipinski definition) is 4. The van der Waals surface area contributed by atoms with Gasteiger partial charge in [0.2, 0.25) is 5.91 Å². The van der Waals surface area contributed by atoms with Crippen LogP contribution in [-0.2, 0) is 16.0 Å². The van der Waals surface area contributed by atoms with Crippen molar-refractivity contribution >= 4 is 40.5 Å². The number of thiophene rings is 1. The Balaban J connectivity index is 1.92. The summed E-state index contributed by atoms with van der Waals surface area (Å²) in [6.45, 7) is 0. The number of hydrogen-bond donors (Lipinski definition) is 1. The van der Waals surface area contributed by atoms with Crippen molar-refractivity contribution in [1.82, 2.24) is 0 Å². The van der Waals surface area contributed by atoms with Crippen LogP contribution in [-0.4, -0.2) is 19.0 Å². The number of nitrogens with one attached hydrogen (secondary N) is 1. The highest BCUT2D eigenvalue weighted by molar-refractivity contribution is 7.12. The molecule has 0 aliphatic rings. The molecule has 6 heteroatoms. The molecule has 0 fully saturated rings. The largest absolute Gasteiger partial charge is 0.465 e. The van der Waals surface area contributed by atoms with Crippen molar-refractivity contribution in [2.24, 2.45) is 0 Å². The maximum absolute atomic E-state index is 11.9. The molecule has 21 heavy (non-hydrogen) atoms. The second-order valence-electron chi connectivity index (χ2n) is 4.33. The zero-order valence-electron chi connectivity index (χ0n) is 11.4. The summed E-state index contributed by atoms with van der Waals surface area (Å²) in [7, 11) is 1.31. The molecular weight excluding hydrogens is 310 g/mol.